The Bertz CT molecular complexity index is 573. The normalized spacial score (nSPS) is 23.2. The molecule has 2 atom stereocenters. The van der Waals surface area contributed by atoms with Crippen LogP contribution < -0.4 is 4.90 Å². The summed E-state index contributed by atoms with van der Waals surface area (Å²) in [6.45, 7) is 5.39. The number of morpholine rings is 1. The minimum absolute atomic E-state index is 0.108. The Morgan fingerprint density at radius 3 is 2.70 bits per heavy atom. The predicted molar refractivity (Wildman–Crippen MR) is 85.1 cm³/mol. The quantitative estimate of drug-likeness (QED) is 0.916. The number of carbonyl (C=O) groups excluding carboxylic acids is 1. The molecule has 0 radical (unpaired) electrons. The average Bonchev–Trinajstić information content (AvgIpc) is 3.05. The smallest absolute Gasteiger partial charge is 0.253 e. The molecule has 3 rings (SSSR count). The lowest BCUT2D eigenvalue weighted by Gasteiger charge is -2.29. The highest BCUT2D eigenvalue weighted by molar-refractivity contribution is 5.94. The minimum Gasteiger partial charge on any atom is -0.393 e. The Labute approximate surface area is 135 Å². The molecule has 2 aliphatic heterocycles. The zero-order chi connectivity index (χ0) is 16.4. The number of anilines is 1. The molecular formula is C17H23FN2O3. The summed E-state index contributed by atoms with van der Waals surface area (Å²) in [5.41, 5.74) is 0.888. The van der Waals surface area contributed by atoms with Gasteiger partial charge in [0.1, 0.15) is 5.82 Å². The van der Waals surface area contributed by atoms with E-state index in [9.17, 15) is 14.3 Å². The summed E-state index contributed by atoms with van der Waals surface area (Å²) in [6, 6.07) is 4.69. The van der Waals surface area contributed by atoms with Gasteiger partial charge in [-0.15, -0.1) is 0 Å². The highest BCUT2D eigenvalue weighted by Crippen LogP contribution is 2.25. The van der Waals surface area contributed by atoms with Crippen LogP contribution >= 0.6 is 0 Å². The Morgan fingerprint density at radius 1 is 1.35 bits per heavy atom. The first-order chi connectivity index (χ1) is 11.1. The minimum atomic E-state index is -0.423. The van der Waals surface area contributed by atoms with E-state index in [1.807, 2.05) is 4.90 Å². The zero-order valence-corrected chi connectivity index (χ0v) is 13.4. The fourth-order valence-corrected chi connectivity index (χ4v) is 3.25. The predicted octanol–water partition coefficient (Wildman–Crippen LogP) is 1.51. The van der Waals surface area contributed by atoms with Gasteiger partial charge in [-0.05, 0) is 31.5 Å². The van der Waals surface area contributed by atoms with Crippen molar-refractivity contribution in [3.05, 3.63) is 29.6 Å². The summed E-state index contributed by atoms with van der Waals surface area (Å²) < 4.78 is 19.7. The van der Waals surface area contributed by atoms with Gasteiger partial charge in [-0.2, -0.15) is 0 Å². The first kappa shape index (κ1) is 16.2. The van der Waals surface area contributed by atoms with Crippen molar-refractivity contribution in [3.63, 3.8) is 0 Å². The van der Waals surface area contributed by atoms with Crippen molar-refractivity contribution in [2.24, 2.45) is 5.92 Å². The van der Waals surface area contributed by atoms with E-state index in [-0.39, 0.29) is 17.6 Å². The number of rotatable bonds is 3. The number of aliphatic hydroxyl groups excluding tert-OH is 1. The van der Waals surface area contributed by atoms with Crippen molar-refractivity contribution in [3.8, 4) is 0 Å². The summed E-state index contributed by atoms with van der Waals surface area (Å²) >= 11 is 0. The second-order valence-electron chi connectivity index (χ2n) is 6.31. The number of hydrogen-bond donors (Lipinski definition) is 1. The molecule has 2 heterocycles. The third-order valence-electron chi connectivity index (χ3n) is 4.74. The largest absolute Gasteiger partial charge is 0.393 e. The molecule has 23 heavy (non-hydrogen) atoms. The van der Waals surface area contributed by atoms with Gasteiger partial charge in [0, 0.05) is 37.7 Å². The highest BCUT2D eigenvalue weighted by Gasteiger charge is 2.30. The van der Waals surface area contributed by atoms with Gasteiger partial charge < -0.3 is 19.6 Å². The average molecular weight is 322 g/mol. The number of amides is 1. The molecule has 0 spiro atoms. The third-order valence-corrected chi connectivity index (χ3v) is 4.74. The first-order valence-electron chi connectivity index (χ1n) is 8.16. The molecule has 0 saturated carbocycles. The summed E-state index contributed by atoms with van der Waals surface area (Å²) in [4.78, 5) is 16.1. The van der Waals surface area contributed by atoms with Crippen LogP contribution in [0.25, 0.3) is 0 Å². The van der Waals surface area contributed by atoms with Crippen LogP contribution in [0.5, 0.6) is 0 Å². The number of aliphatic hydroxyl groups is 1. The van der Waals surface area contributed by atoms with Gasteiger partial charge in [0.2, 0.25) is 0 Å². The fourth-order valence-electron chi connectivity index (χ4n) is 3.25. The number of ether oxygens (including phenoxy) is 1. The molecule has 2 saturated heterocycles. The van der Waals surface area contributed by atoms with Crippen molar-refractivity contribution in [1.29, 1.82) is 0 Å². The summed E-state index contributed by atoms with van der Waals surface area (Å²) in [5, 5.41) is 9.63. The van der Waals surface area contributed by atoms with Crippen LogP contribution in [0.3, 0.4) is 0 Å². The van der Waals surface area contributed by atoms with Crippen molar-refractivity contribution in [2.45, 2.75) is 19.4 Å². The Kier molecular flexibility index (Phi) is 4.82. The Morgan fingerprint density at radius 2 is 2.09 bits per heavy atom. The lowest BCUT2D eigenvalue weighted by molar-refractivity contribution is 0.0762. The van der Waals surface area contributed by atoms with Crippen molar-refractivity contribution in [2.75, 3.05) is 44.3 Å². The van der Waals surface area contributed by atoms with E-state index in [1.54, 1.807) is 24.0 Å². The van der Waals surface area contributed by atoms with Gasteiger partial charge in [0.15, 0.2) is 0 Å². The van der Waals surface area contributed by atoms with E-state index in [2.05, 4.69) is 0 Å². The van der Waals surface area contributed by atoms with Crippen LogP contribution in [0.4, 0.5) is 10.1 Å². The molecule has 126 valence electrons. The van der Waals surface area contributed by atoms with E-state index in [0.29, 0.717) is 50.6 Å². The summed E-state index contributed by atoms with van der Waals surface area (Å²) in [6.07, 6.45) is 0.367. The van der Waals surface area contributed by atoms with Gasteiger partial charge in [-0.3, -0.25) is 4.79 Å². The molecule has 1 aromatic carbocycles. The molecule has 2 unspecified atom stereocenters. The number of carbonyl (C=O) groups is 1. The Balaban J connectivity index is 1.71. The highest BCUT2D eigenvalue weighted by atomic mass is 19.1. The number of benzene rings is 1. The third kappa shape index (κ3) is 3.48. The lowest BCUT2D eigenvalue weighted by Crippen LogP contribution is -2.37. The molecule has 0 aliphatic carbocycles. The maximum atomic E-state index is 14.4. The molecule has 5 nitrogen and oxygen atoms in total. The van der Waals surface area contributed by atoms with Crippen LogP contribution in [-0.2, 0) is 4.74 Å². The number of likely N-dealkylation sites (tertiary alicyclic amines) is 1. The van der Waals surface area contributed by atoms with Crippen LogP contribution in [0.2, 0.25) is 0 Å². The van der Waals surface area contributed by atoms with E-state index in [4.69, 9.17) is 4.74 Å². The van der Waals surface area contributed by atoms with Gasteiger partial charge in [-0.25, -0.2) is 4.39 Å². The summed E-state index contributed by atoms with van der Waals surface area (Å²) in [7, 11) is 0. The zero-order valence-electron chi connectivity index (χ0n) is 13.4. The van der Waals surface area contributed by atoms with Crippen LogP contribution in [0.15, 0.2) is 18.2 Å². The van der Waals surface area contributed by atoms with Gasteiger partial charge in [-0.1, -0.05) is 0 Å². The molecule has 2 aliphatic rings. The Hall–Kier alpha value is -1.66. The van der Waals surface area contributed by atoms with Crippen molar-refractivity contribution in [1.82, 2.24) is 4.90 Å². The maximum absolute atomic E-state index is 14.4. The van der Waals surface area contributed by atoms with Gasteiger partial charge >= 0.3 is 0 Å². The van der Waals surface area contributed by atoms with E-state index < -0.39 is 6.10 Å². The number of halogens is 1. The first-order valence-corrected chi connectivity index (χ1v) is 8.16. The van der Waals surface area contributed by atoms with Gasteiger partial charge in [0.05, 0.1) is 25.0 Å². The molecule has 1 N–H and O–H groups in total. The molecule has 2 fully saturated rings. The van der Waals surface area contributed by atoms with E-state index in [0.717, 1.165) is 6.42 Å². The topological polar surface area (TPSA) is 53.0 Å². The molecule has 1 aromatic rings. The van der Waals surface area contributed by atoms with Crippen molar-refractivity contribution >= 4 is 11.6 Å². The van der Waals surface area contributed by atoms with Gasteiger partial charge in [0.25, 0.3) is 5.91 Å². The van der Waals surface area contributed by atoms with Crippen LogP contribution in [0.1, 0.15) is 23.7 Å². The molecule has 0 bridgehead atoms. The second kappa shape index (κ2) is 6.84. The lowest BCUT2D eigenvalue weighted by atomic mass is 10.0. The van der Waals surface area contributed by atoms with Crippen LogP contribution in [-0.4, -0.2) is 61.4 Å². The number of nitrogens with zero attached hydrogens (tertiary/aromatic N) is 2. The van der Waals surface area contributed by atoms with E-state index >= 15 is 0 Å². The monoisotopic (exact) mass is 322 g/mol. The fraction of sp³-hybridized carbons (Fsp3) is 0.588. The standard InChI is InChI=1S/C17H23FN2O3/c1-12(21)14-4-5-20(11-14)17(22)13-2-3-16(15(18)10-13)19-6-8-23-9-7-19/h2-3,10,12,14,21H,4-9,11H2,1H3. The van der Waals surface area contributed by atoms with Crippen LogP contribution in [0, 0.1) is 11.7 Å². The molecule has 1 amide bonds. The summed E-state index contributed by atoms with van der Waals surface area (Å²) in [5.74, 6) is -0.430. The SMILES string of the molecule is CC(O)C1CCN(C(=O)c2ccc(N3CCOCC3)c(F)c2)C1. The molecule has 0 aromatic heterocycles. The number of hydrogen-bond acceptors (Lipinski definition) is 4. The second-order valence-corrected chi connectivity index (χ2v) is 6.31. The molecular weight excluding hydrogens is 299 g/mol. The maximum Gasteiger partial charge on any atom is 0.253 e. The van der Waals surface area contributed by atoms with Crippen molar-refractivity contribution < 1.29 is 19.0 Å². The molecule has 6 heteroatoms. The van der Waals surface area contributed by atoms with E-state index in [1.165, 1.54) is 6.07 Å².